The first-order valence-corrected chi connectivity index (χ1v) is 22.5. The quantitative estimate of drug-likeness (QED) is 0.144. The number of fused-ring (bicyclic) bond motifs is 4. The summed E-state index contributed by atoms with van der Waals surface area (Å²) in [5.41, 5.74) is 19.1. The Labute approximate surface area is 384 Å². The van der Waals surface area contributed by atoms with E-state index in [9.17, 15) is 0 Å². The summed E-state index contributed by atoms with van der Waals surface area (Å²) >= 11 is 0. The lowest BCUT2D eigenvalue weighted by Crippen LogP contribution is -2.10. The Morgan fingerprint density at radius 2 is 0.621 bits per heavy atom. The van der Waals surface area contributed by atoms with Crippen LogP contribution in [0.1, 0.15) is 0 Å². The largest absolute Gasteiger partial charge is 0.456 e. The molecule has 12 rings (SSSR count). The van der Waals surface area contributed by atoms with Crippen LogP contribution in [0.2, 0.25) is 0 Å². The molecule has 0 amide bonds. The van der Waals surface area contributed by atoms with E-state index in [1.54, 1.807) is 0 Å². The number of hydrogen-bond donors (Lipinski definition) is 0. The fraction of sp³-hybridized carbons (Fsp3) is 0. The van der Waals surface area contributed by atoms with Crippen molar-refractivity contribution in [3.63, 3.8) is 0 Å². The van der Waals surface area contributed by atoms with Crippen molar-refractivity contribution >= 4 is 49.8 Å². The molecule has 2 heteroatoms. The molecule has 0 saturated heterocycles. The molecule has 0 unspecified atom stereocenters. The van der Waals surface area contributed by atoms with Gasteiger partial charge >= 0.3 is 0 Å². The standard InChI is InChI=1S/C64H43NO/c1-3-12-44(13-4-1)56-40-57(45-14-5-2-6-15-45)42-60(41-56)65(59-35-30-50(31-36-59)55-32-37-62-61-20-9-10-21-63(61)66-64(62)43-55)58-33-28-48(29-34-58)47-22-24-49(25-23-47)52-18-11-19-53(38-52)54-27-26-46-16-7-8-17-51(46)39-54/h1-43H. The maximum absolute atomic E-state index is 6.28. The molecule has 2 nitrogen and oxygen atoms in total. The Morgan fingerprint density at radius 3 is 1.26 bits per heavy atom. The minimum atomic E-state index is 0.895. The molecule has 0 spiro atoms. The second-order valence-electron chi connectivity index (χ2n) is 17.0. The molecule has 66 heavy (non-hydrogen) atoms. The average Bonchev–Trinajstić information content (AvgIpc) is 3.78. The van der Waals surface area contributed by atoms with E-state index < -0.39 is 0 Å². The van der Waals surface area contributed by atoms with Crippen molar-refractivity contribution in [1.82, 2.24) is 0 Å². The van der Waals surface area contributed by atoms with E-state index in [1.165, 1.54) is 49.7 Å². The van der Waals surface area contributed by atoms with E-state index in [0.717, 1.165) is 66.8 Å². The summed E-state index contributed by atoms with van der Waals surface area (Å²) in [7, 11) is 0. The van der Waals surface area contributed by atoms with Crippen molar-refractivity contribution in [2.75, 3.05) is 4.90 Å². The second-order valence-corrected chi connectivity index (χ2v) is 17.0. The molecule has 11 aromatic carbocycles. The number of rotatable bonds is 9. The SMILES string of the molecule is c1ccc(-c2cc(-c3ccccc3)cc(N(c3ccc(-c4ccc(-c5cccc(-c6ccc7ccccc7c6)c5)cc4)cc3)c3ccc(-c4ccc5c(c4)oc4ccccc45)cc3)c2)cc1. The number of nitrogens with zero attached hydrogens (tertiary/aromatic N) is 1. The predicted octanol–water partition coefficient (Wildman–Crippen LogP) is 18.2. The third-order valence-electron chi connectivity index (χ3n) is 12.9. The maximum Gasteiger partial charge on any atom is 0.136 e. The molecule has 0 saturated carbocycles. The summed E-state index contributed by atoms with van der Waals surface area (Å²) in [4.78, 5) is 2.38. The van der Waals surface area contributed by atoms with Gasteiger partial charge in [-0.25, -0.2) is 0 Å². The Balaban J connectivity index is 0.899. The lowest BCUT2D eigenvalue weighted by molar-refractivity contribution is 0.669. The smallest absolute Gasteiger partial charge is 0.136 e. The van der Waals surface area contributed by atoms with Crippen molar-refractivity contribution in [2.45, 2.75) is 0 Å². The first-order valence-electron chi connectivity index (χ1n) is 22.5. The second kappa shape index (κ2) is 16.8. The van der Waals surface area contributed by atoms with E-state index in [2.05, 4.69) is 254 Å². The van der Waals surface area contributed by atoms with Crippen LogP contribution in [-0.4, -0.2) is 0 Å². The van der Waals surface area contributed by atoms with Crippen molar-refractivity contribution in [3.8, 4) is 66.8 Å². The summed E-state index contributed by atoms with van der Waals surface area (Å²) < 4.78 is 6.28. The van der Waals surface area contributed by atoms with Gasteiger partial charge in [0.2, 0.25) is 0 Å². The molecule has 0 aliphatic rings. The normalized spacial score (nSPS) is 11.3. The molecule has 0 bridgehead atoms. The van der Waals surface area contributed by atoms with Gasteiger partial charge in [-0.15, -0.1) is 0 Å². The van der Waals surface area contributed by atoms with Crippen LogP contribution in [0.25, 0.3) is 99.5 Å². The van der Waals surface area contributed by atoms with Crippen LogP contribution in [0, 0.1) is 0 Å². The van der Waals surface area contributed by atoms with Gasteiger partial charge in [0.15, 0.2) is 0 Å². The van der Waals surface area contributed by atoms with E-state index in [4.69, 9.17) is 4.42 Å². The van der Waals surface area contributed by atoms with Crippen molar-refractivity contribution in [2.24, 2.45) is 0 Å². The number of benzene rings is 11. The molecule has 310 valence electrons. The molecule has 12 aromatic rings. The molecule has 0 radical (unpaired) electrons. The predicted molar refractivity (Wildman–Crippen MR) is 279 cm³/mol. The molecule has 0 aliphatic heterocycles. The molecular weight excluding hydrogens is 799 g/mol. The number of furan rings is 1. The van der Waals surface area contributed by atoms with Crippen molar-refractivity contribution in [3.05, 3.63) is 261 Å². The third-order valence-corrected chi connectivity index (χ3v) is 12.9. The zero-order valence-electron chi connectivity index (χ0n) is 36.2. The van der Waals surface area contributed by atoms with Crippen LogP contribution < -0.4 is 4.90 Å². The zero-order chi connectivity index (χ0) is 43.8. The monoisotopic (exact) mass is 841 g/mol. The lowest BCUT2D eigenvalue weighted by Gasteiger charge is -2.27. The van der Waals surface area contributed by atoms with Gasteiger partial charge < -0.3 is 9.32 Å². The van der Waals surface area contributed by atoms with Crippen LogP contribution in [-0.2, 0) is 0 Å². The summed E-state index contributed by atoms with van der Waals surface area (Å²) in [5.74, 6) is 0. The molecule has 0 fully saturated rings. The van der Waals surface area contributed by atoms with Crippen LogP contribution in [0.3, 0.4) is 0 Å². The molecule has 0 atom stereocenters. The van der Waals surface area contributed by atoms with E-state index in [-0.39, 0.29) is 0 Å². The van der Waals surface area contributed by atoms with Gasteiger partial charge in [0, 0.05) is 27.8 Å². The Morgan fingerprint density at radius 1 is 0.212 bits per heavy atom. The van der Waals surface area contributed by atoms with Gasteiger partial charge in [0.05, 0.1) is 0 Å². The van der Waals surface area contributed by atoms with E-state index >= 15 is 0 Å². The van der Waals surface area contributed by atoms with Gasteiger partial charge in [-0.3, -0.25) is 0 Å². The molecule has 1 heterocycles. The molecule has 0 N–H and O–H groups in total. The van der Waals surface area contributed by atoms with Gasteiger partial charge in [0.25, 0.3) is 0 Å². The Bertz CT molecular complexity index is 3610. The number of para-hydroxylation sites is 1. The lowest BCUT2D eigenvalue weighted by atomic mass is 9.96. The average molecular weight is 842 g/mol. The van der Waals surface area contributed by atoms with Crippen LogP contribution in [0.4, 0.5) is 17.1 Å². The fourth-order valence-corrected chi connectivity index (χ4v) is 9.40. The number of hydrogen-bond acceptors (Lipinski definition) is 2. The van der Waals surface area contributed by atoms with E-state index in [0.29, 0.717) is 0 Å². The highest BCUT2D eigenvalue weighted by Gasteiger charge is 2.17. The van der Waals surface area contributed by atoms with E-state index in [1.807, 2.05) is 12.1 Å². The van der Waals surface area contributed by atoms with Gasteiger partial charge in [-0.05, 0) is 150 Å². The highest BCUT2D eigenvalue weighted by atomic mass is 16.3. The minimum absolute atomic E-state index is 0.895. The highest BCUT2D eigenvalue weighted by Crippen LogP contribution is 2.42. The van der Waals surface area contributed by atoms with Crippen molar-refractivity contribution in [1.29, 1.82) is 0 Å². The zero-order valence-corrected chi connectivity index (χ0v) is 36.2. The molecule has 0 aliphatic carbocycles. The summed E-state index contributed by atoms with van der Waals surface area (Å²) in [6, 6.07) is 94.0. The van der Waals surface area contributed by atoms with Crippen LogP contribution >= 0.6 is 0 Å². The number of anilines is 3. The first kappa shape index (κ1) is 38.9. The molecular formula is C64H43NO. The van der Waals surface area contributed by atoms with Gasteiger partial charge in [-0.2, -0.15) is 0 Å². The Kier molecular flexibility index (Phi) is 9.89. The summed E-state index contributed by atoms with van der Waals surface area (Å²) in [6.45, 7) is 0. The molecule has 1 aromatic heterocycles. The summed E-state index contributed by atoms with van der Waals surface area (Å²) in [5, 5.41) is 4.78. The summed E-state index contributed by atoms with van der Waals surface area (Å²) in [6.07, 6.45) is 0. The third kappa shape index (κ3) is 7.51. The van der Waals surface area contributed by atoms with Gasteiger partial charge in [-0.1, -0.05) is 188 Å². The van der Waals surface area contributed by atoms with Gasteiger partial charge in [0.1, 0.15) is 11.2 Å². The first-order chi connectivity index (χ1) is 32.7. The highest BCUT2D eigenvalue weighted by molar-refractivity contribution is 6.06. The van der Waals surface area contributed by atoms with Crippen LogP contribution in [0.5, 0.6) is 0 Å². The topological polar surface area (TPSA) is 16.4 Å². The van der Waals surface area contributed by atoms with Crippen molar-refractivity contribution < 1.29 is 4.42 Å². The fourth-order valence-electron chi connectivity index (χ4n) is 9.40. The van der Waals surface area contributed by atoms with Crippen LogP contribution in [0.15, 0.2) is 265 Å². The Hall–Kier alpha value is -8.72. The minimum Gasteiger partial charge on any atom is -0.456 e. The maximum atomic E-state index is 6.28.